The maximum Gasteiger partial charge on any atom is 0.0501 e. The first-order chi connectivity index (χ1) is 10.5. The standard InChI is InChI=1S/C19H28N2O/c1-6-16(11-12-22)13-21-19(14(2)3)18-9-7-17(8-10-18)15(4)20-5/h6-10,13-15,20,22H,1,11-12H2,2-5H3/b16-13+,21-19?. The lowest BCUT2D eigenvalue weighted by Crippen LogP contribution is -2.13. The zero-order valence-corrected chi connectivity index (χ0v) is 14.1. The molecule has 0 saturated heterocycles. The van der Waals surface area contributed by atoms with Crippen LogP contribution >= 0.6 is 0 Å². The van der Waals surface area contributed by atoms with E-state index in [2.05, 4.69) is 61.9 Å². The van der Waals surface area contributed by atoms with Crippen LogP contribution in [0.25, 0.3) is 0 Å². The van der Waals surface area contributed by atoms with E-state index < -0.39 is 0 Å². The van der Waals surface area contributed by atoms with Crippen molar-refractivity contribution in [3.8, 4) is 0 Å². The van der Waals surface area contributed by atoms with Gasteiger partial charge in [0.1, 0.15) is 0 Å². The van der Waals surface area contributed by atoms with Crippen molar-refractivity contribution < 1.29 is 5.11 Å². The summed E-state index contributed by atoms with van der Waals surface area (Å²) in [6.07, 6.45) is 4.13. The zero-order chi connectivity index (χ0) is 16.5. The number of hydrogen-bond acceptors (Lipinski definition) is 3. The maximum absolute atomic E-state index is 9.02. The van der Waals surface area contributed by atoms with Gasteiger partial charge in [-0.15, -0.1) is 0 Å². The summed E-state index contributed by atoms with van der Waals surface area (Å²) in [5, 5.41) is 12.3. The molecule has 0 aliphatic heterocycles. The van der Waals surface area contributed by atoms with Crippen molar-refractivity contribution in [2.24, 2.45) is 10.9 Å². The Hall–Kier alpha value is -1.71. The number of aliphatic hydroxyl groups excluding tert-OH is 1. The number of aliphatic imine (C=N–C) groups is 1. The van der Waals surface area contributed by atoms with Gasteiger partial charge >= 0.3 is 0 Å². The zero-order valence-electron chi connectivity index (χ0n) is 14.1. The van der Waals surface area contributed by atoms with Crippen LogP contribution in [0.5, 0.6) is 0 Å². The lowest BCUT2D eigenvalue weighted by atomic mass is 9.97. The molecule has 1 unspecified atom stereocenters. The molecule has 1 aromatic carbocycles. The third kappa shape index (κ3) is 5.24. The second kappa shape index (κ2) is 9.34. The summed E-state index contributed by atoms with van der Waals surface area (Å²) in [6.45, 7) is 10.3. The van der Waals surface area contributed by atoms with Gasteiger partial charge in [0.15, 0.2) is 0 Å². The summed E-state index contributed by atoms with van der Waals surface area (Å²) in [5.74, 6) is 0.323. The molecule has 0 bridgehead atoms. The molecule has 0 aromatic heterocycles. The Morgan fingerprint density at radius 2 is 1.91 bits per heavy atom. The normalized spacial score (nSPS) is 14.3. The molecule has 3 nitrogen and oxygen atoms in total. The fourth-order valence-electron chi connectivity index (χ4n) is 2.17. The van der Waals surface area contributed by atoms with Crippen LogP contribution in [0.4, 0.5) is 0 Å². The van der Waals surface area contributed by atoms with Crippen LogP contribution in [0.1, 0.15) is 44.4 Å². The first-order valence-corrected chi connectivity index (χ1v) is 7.81. The van der Waals surface area contributed by atoms with Crippen molar-refractivity contribution in [3.05, 3.63) is 59.8 Å². The molecule has 0 aliphatic rings. The van der Waals surface area contributed by atoms with Gasteiger partial charge in [-0.2, -0.15) is 0 Å². The SMILES string of the molecule is C=C/C(=C\N=C(c1ccc(C(C)NC)cc1)C(C)C)CCO. The molecule has 1 aromatic rings. The molecule has 0 radical (unpaired) electrons. The Labute approximate surface area is 134 Å². The second-order valence-corrected chi connectivity index (χ2v) is 5.68. The molecular formula is C19H28N2O. The average Bonchev–Trinajstić information content (AvgIpc) is 2.53. The highest BCUT2D eigenvalue weighted by molar-refractivity contribution is 6.02. The van der Waals surface area contributed by atoms with Crippen molar-refractivity contribution in [2.75, 3.05) is 13.7 Å². The van der Waals surface area contributed by atoms with Crippen LogP contribution in [0.3, 0.4) is 0 Å². The Morgan fingerprint density at radius 3 is 2.36 bits per heavy atom. The van der Waals surface area contributed by atoms with Crippen molar-refractivity contribution in [3.63, 3.8) is 0 Å². The number of rotatable bonds is 8. The molecule has 0 aliphatic carbocycles. The van der Waals surface area contributed by atoms with E-state index in [9.17, 15) is 0 Å². The van der Waals surface area contributed by atoms with E-state index in [1.54, 1.807) is 6.08 Å². The quantitative estimate of drug-likeness (QED) is 0.565. The lowest BCUT2D eigenvalue weighted by Gasteiger charge is -2.13. The second-order valence-electron chi connectivity index (χ2n) is 5.68. The molecule has 0 fully saturated rings. The van der Waals surface area contributed by atoms with Gasteiger partial charge in [-0.05, 0) is 43.0 Å². The van der Waals surface area contributed by atoms with Crippen molar-refractivity contribution in [1.29, 1.82) is 0 Å². The van der Waals surface area contributed by atoms with Crippen molar-refractivity contribution >= 4 is 5.71 Å². The number of nitrogens with zero attached hydrogens (tertiary/aromatic N) is 1. The largest absolute Gasteiger partial charge is 0.396 e. The predicted molar refractivity (Wildman–Crippen MR) is 95.3 cm³/mol. The van der Waals surface area contributed by atoms with E-state index in [-0.39, 0.29) is 6.61 Å². The Bertz CT molecular complexity index is 527. The highest BCUT2D eigenvalue weighted by Crippen LogP contribution is 2.16. The maximum atomic E-state index is 9.02. The fourth-order valence-corrected chi connectivity index (χ4v) is 2.17. The summed E-state index contributed by atoms with van der Waals surface area (Å²) in [6, 6.07) is 8.86. The van der Waals surface area contributed by atoms with Crippen LogP contribution in [0.2, 0.25) is 0 Å². The third-order valence-corrected chi connectivity index (χ3v) is 3.72. The molecule has 0 amide bonds. The topological polar surface area (TPSA) is 44.6 Å². The van der Waals surface area contributed by atoms with Gasteiger partial charge in [-0.25, -0.2) is 0 Å². The number of allylic oxidation sites excluding steroid dienone is 1. The molecular weight excluding hydrogens is 272 g/mol. The van der Waals surface area contributed by atoms with Crippen LogP contribution in [-0.4, -0.2) is 24.5 Å². The molecule has 0 saturated carbocycles. The molecule has 3 heteroatoms. The monoisotopic (exact) mass is 300 g/mol. The fraction of sp³-hybridized carbons (Fsp3) is 0.421. The third-order valence-electron chi connectivity index (χ3n) is 3.72. The van der Waals surface area contributed by atoms with Gasteiger partial charge < -0.3 is 10.4 Å². The molecule has 1 rings (SSSR count). The summed E-state index contributed by atoms with van der Waals surface area (Å²) in [4.78, 5) is 4.63. The van der Waals surface area contributed by atoms with Crippen molar-refractivity contribution in [1.82, 2.24) is 5.32 Å². The highest BCUT2D eigenvalue weighted by atomic mass is 16.2. The molecule has 1 atom stereocenters. The van der Waals surface area contributed by atoms with Crippen LogP contribution in [-0.2, 0) is 0 Å². The molecule has 0 spiro atoms. The lowest BCUT2D eigenvalue weighted by molar-refractivity contribution is 0.300. The Kier molecular flexibility index (Phi) is 7.78. The highest BCUT2D eigenvalue weighted by Gasteiger charge is 2.09. The van der Waals surface area contributed by atoms with Gasteiger partial charge in [-0.1, -0.05) is 50.8 Å². The van der Waals surface area contributed by atoms with E-state index >= 15 is 0 Å². The minimum Gasteiger partial charge on any atom is -0.396 e. The van der Waals surface area contributed by atoms with Gasteiger partial charge in [0.05, 0.1) is 5.71 Å². The van der Waals surface area contributed by atoms with Gasteiger partial charge in [0.2, 0.25) is 0 Å². The Morgan fingerprint density at radius 1 is 1.27 bits per heavy atom. The van der Waals surface area contributed by atoms with E-state index in [0.717, 1.165) is 16.8 Å². The van der Waals surface area contributed by atoms with E-state index in [1.807, 2.05) is 13.2 Å². The first kappa shape index (κ1) is 18.3. The first-order valence-electron chi connectivity index (χ1n) is 7.81. The number of nitrogens with one attached hydrogen (secondary N) is 1. The van der Waals surface area contributed by atoms with Gasteiger partial charge in [0.25, 0.3) is 0 Å². The van der Waals surface area contributed by atoms with Crippen LogP contribution in [0, 0.1) is 5.92 Å². The number of benzene rings is 1. The molecule has 2 N–H and O–H groups in total. The summed E-state index contributed by atoms with van der Waals surface area (Å²) >= 11 is 0. The van der Waals surface area contributed by atoms with Crippen molar-refractivity contribution in [2.45, 2.75) is 33.2 Å². The van der Waals surface area contributed by atoms with Crippen LogP contribution < -0.4 is 5.32 Å². The molecule has 22 heavy (non-hydrogen) atoms. The van der Waals surface area contributed by atoms with Crippen LogP contribution in [0.15, 0.2) is 53.7 Å². The minimum atomic E-state index is 0.112. The predicted octanol–water partition coefficient (Wildman–Crippen LogP) is 3.86. The molecule has 120 valence electrons. The molecule has 0 heterocycles. The van der Waals surface area contributed by atoms with E-state index in [1.165, 1.54) is 5.56 Å². The minimum absolute atomic E-state index is 0.112. The summed E-state index contributed by atoms with van der Waals surface area (Å²) < 4.78 is 0. The Balaban J connectivity index is 3.08. The van der Waals surface area contributed by atoms with E-state index in [0.29, 0.717) is 18.4 Å². The average molecular weight is 300 g/mol. The number of aliphatic hydroxyl groups is 1. The van der Waals surface area contributed by atoms with Gasteiger partial charge in [-0.3, -0.25) is 4.99 Å². The van der Waals surface area contributed by atoms with Gasteiger partial charge in [0, 0.05) is 18.8 Å². The summed E-state index contributed by atoms with van der Waals surface area (Å²) in [7, 11) is 1.96. The smallest absolute Gasteiger partial charge is 0.0501 e. The summed E-state index contributed by atoms with van der Waals surface area (Å²) in [5.41, 5.74) is 4.38. The number of hydrogen-bond donors (Lipinski definition) is 2. The van der Waals surface area contributed by atoms with E-state index in [4.69, 9.17) is 5.11 Å².